The minimum atomic E-state index is 0. The summed E-state index contributed by atoms with van der Waals surface area (Å²) in [6, 6.07) is 0. The van der Waals surface area contributed by atoms with Crippen molar-refractivity contribution in [3.05, 3.63) is 6.92 Å². The van der Waals surface area contributed by atoms with Crippen molar-refractivity contribution >= 4 is 25.1 Å². The van der Waals surface area contributed by atoms with Crippen molar-refractivity contribution in [3.8, 4) is 0 Å². The number of rotatable bonds is 0. The van der Waals surface area contributed by atoms with Crippen LogP contribution in [0.25, 0.3) is 0 Å². The summed E-state index contributed by atoms with van der Waals surface area (Å²) in [7, 11) is 0. The van der Waals surface area contributed by atoms with Gasteiger partial charge in [-0.2, -0.15) is 34.6 Å². The molecule has 0 aromatic rings. The maximum absolute atomic E-state index is 8.68. The van der Waals surface area contributed by atoms with E-state index < -0.39 is 0 Å². The molecule has 0 aromatic heterocycles. The molecule has 0 fully saturated rings. The Morgan fingerprint density at radius 3 is 0.600 bits per heavy atom. The molecule has 0 rings (SSSR count). The van der Waals surface area contributed by atoms with Crippen LogP contribution in [-0.2, 0) is 39.6 Å². The average molecular weight is 308 g/mol. The third kappa shape index (κ3) is 3970. The molecule has 0 heterocycles. The molecule has 0 amide bonds. The fraction of sp³-hybridized carbons (Fsp3) is 0.500. The zero-order chi connectivity index (χ0) is 12.8. The summed E-state index contributed by atoms with van der Waals surface area (Å²) in [5.41, 5.74) is 0. The van der Waals surface area contributed by atoms with Gasteiger partial charge >= 0.3 is 0 Å². The third-order valence-corrected chi connectivity index (χ3v) is 0. The van der Waals surface area contributed by atoms with Gasteiger partial charge in [-0.05, 0) is 0 Å². The molecular weight excluding hydrogens is 291 g/mol. The predicted molar refractivity (Wildman–Crippen MR) is 56.5 cm³/mol. The van der Waals surface area contributed by atoms with Crippen molar-refractivity contribution in [2.75, 3.05) is 0 Å². The molecule has 0 aromatic carbocycles. The molecule has 15 heavy (non-hydrogen) atoms. The molecule has 0 unspecified atom stereocenters. The molecule has 4 nitrogen and oxygen atoms in total. The van der Waals surface area contributed by atoms with Crippen LogP contribution in [0, 0.1) is 6.92 Å². The summed E-state index contributed by atoms with van der Waals surface area (Å²) in [5, 5.41) is 0. The maximum Gasteiger partial charge on any atom is 0 e. The number of hydrogen-bond donors (Lipinski definition) is 0. The number of hydrogen-bond acceptors (Lipinski definition) is 4. The van der Waals surface area contributed by atoms with E-state index in [1.807, 2.05) is 0 Å². The van der Waals surface area contributed by atoms with E-state index in [0.717, 1.165) is 0 Å². The van der Waals surface area contributed by atoms with Crippen LogP contribution < -0.4 is 0 Å². The monoisotopic (exact) mass is 307 g/mol. The smallest absolute Gasteiger partial charge is 0 e. The summed E-state index contributed by atoms with van der Waals surface area (Å²) < 4.78 is 0. The fourth-order valence-corrected chi connectivity index (χ4v) is 0. The van der Waals surface area contributed by atoms with Gasteiger partial charge in [-0.25, -0.2) is 0 Å². The second-order valence-electron chi connectivity index (χ2n) is 0.816. The summed E-state index contributed by atoms with van der Waals surface area (Å²) in [6.45, 7) is 10.3. The van der Waals surface area contributed by atoms with E-state index in [9.17, 15) is 0 Å². The summed E-state index contributed by atoms with van der Waals surface area (Å²) >= 11 is 0. The molecule has 96 valence electrons. The first-order valence-electron chi connectivity index (χ1n) is 3.52. The first-order valence-corrected chi connectivity index (χ1v) is 3.52. The van der Waals surface area contributed by atoms with E-state index in [0.29, 0.717) is 0 Å². The van der Waals surface area contributed by atoms with Crippen molar-refractivity contribution in [1.82, 2.24) is 0 Å². The molecular formula is C10H17O4Pd-5. The molecule has 0 aliphatic carbocycles. The van der Waals surface area contributed by atoms with Gasteiger partial charge in [-0.15, -0.1) is 0 Å². The van der Waals surface area contributed by atoms with Gasteiger partial charge in [-0.1, -0.05) is 0 Å². The first-order chi connectivity index (χ1) is 6.66. The van der Waals surface area contributed by atoms with Gasteiger partial charge in [0.1, 0.15) is 0 Å². The van der Waals surface area contributed by atoms with E-state index in [2.05, 4.69) is 6.92 Å². The Labute approximate surface area is 106 Å². The number of carbonyl (C=O) groups excluding carboxylic acids is 4. The van der Waals surface area contributed by atoms with Crippen molar-refractivity contribution in [2.45, 2.75) is 34.6 Å². The quantitative estimate of drug-likeness (QED) is 0.500. The van der Waals surface area contributed by atoms with E-state index in [1.54, 1.807) is 6.92 Å². The predicted octanol–water partition coefficient (Wildman–Crippen LogP) is 1.30. The van der Waals surface area contributed by atoms with Gasteiger partial charge in [0.2, 0.25) is 0 Å². The molecule has 0 aliphatic heterocycles. The zero-order valence-electron chi connectivity index (χ0n) is 9.66. The topological polar surface area (TPSA) is 68.3 Å². The Kier molecular flexibility index (Phi) is 445. The molecule has 0 atom stereocenters. The summed E-state index contributed by atoms with van der Waals surface area (Å²) in [5.74, 6) is 0. The molecule has 0 radical (unpaired) electrons. The molecule has 0 bridgehead atoms. The van der Waals surface area contributed by atoms with Gasteiger partial charge in [0.05, 0.1) is 0 Å². The SMILES string of the molecule is C[C-]=O.C[C-]=O.C[C-]=O.C[C-]=O.[CH2-]C.[Pd]. The molecule has 0 aliphatic rings. The van der Waals surface area contributed by atoms with Crippen molar-refractivity contribution in [3.63, 3.8) is 0 Å². The van der Waals surface area contributed by atoms with Crippen LogP contribution in [0.1, 0.15) is 34.6 Å². The Morgan fingerprint density at radius 1 is 0.600 bits per heavy atom. The van der Waals surface area contributed by atoms with Gasteiger partial charge in [0, 0.05) is 20.4 Å². The Morgan fingerprint density at radius 2 is 0.600 bits per heavy atom. The van der Waals surface area contributed by atoms with Crippen LogP contribution in [0.2, 0.25) is 0 Å². The molecule has 5 heteroatoms. The standard InChI is InChI=1S/4C2H3O.C2H5.Pd/c4*1-2-3;1-2;/h4*1H3;1H2,2H3;/q5*-1;. The van der Waals surface area contributed by atoms with Crippen LogP contribution in [0.15, 0.2) is 0 Å². The largest absolute Gasteiger partial charge is 0.542 e. The summed E-state index contributed by atoms with van der Waals surface area (Å²) in [4.78, 5) is 34.7. The van der Waals surface area contributed by atoms with Crippen LogP contribution >= 0.6 is 0 Å². The van der Waals surface area contributed by atoms with Crippen LogP contribution in [0.3, 0.4) is 0 Å². The second-order valence-corrected chi connectivity index (χ2v) is 0.816. The van der Waals surface area contributed by atoms with Gasteiger partial charge in [-0.3, -0.25) is 25.1 Å². The van der Waals surface area contributed by atoms with Gasteiger partial charge < -0.3 is 26.1 Å². The van der Waals surface area contributed by atoms with Crippen molar-refractivity contribution in [2.24, 2.45) is 0 Å². The van der Waals surface area contributed by atoms with Crippen molar-refractivity contribution < 1.29 is 39.6 Å². The fourth-order valence-electron chi connectivity index (χ4n) is 0. The van der Waals surface area contributed by atoms with Crippen LogP contribution in [-0.4, -0.2) is 25.1 Å². The van der Waals surface area contributed by atoms with Crippen LogP contribution in [0.4, 0.5) is 0 Å². The third-order valence-electron chi connectivity index (χ3n) is 0. The van der Waals surface area contributed by atoms with E-state index in [-0.39, 0.29) is 20.4 Å². The van der Waals surface area contributed by atoms with E-state index in [1.165, 1.54) is 52.8 Å². The zero-order valence-corrected chi connectivity index (χ0v) is 11.2. The van der Waals surface area contributed by atoms with E-state index in [4.69, 9.17) is 19.2 Å². The Balaban J connectivity index is -0.0000000167. The average Bonchev–Trinajstić information content (AvgIpc) is 2.12. The van der Waals surface area contributed by atoms with Gasteiger partial charge in [0.25, 0.3) is 0 Å². The minimum Gasteiger partial charge on any atom is -0.542 e. The Hall–Kier alpha value is -0.658. The second kappa shape index (κ2) is 182. The molecule has 0 saturated heterocycles. The molecule has 0 N–H and O–H groups in total. The Bertz CT molecular complexity index is 71.4. The van der Waals surface area contributed by atoms with E-state index >= 15 is 0 Å². The molecule has 0 saturated carbocycles. The minimum absolute atomic E-state index is 0. The normalized spacial score (nSPS) is 3.87. The van der Waals surface area contributed by atoms with Crippen molar-refractivity contribution in [1.29, 1.82) is 0 Å². The van der Waals surface area contributed by atoms with Crippen LogP contribution in [0.5, 0.6) is 0 Å². The maximum atomic E-state index is 8.68. The summed E-state index contributed by atoms with van der Waals surface area (Å²) in [6.07, 6.45) is 6.00. The van der Waals surface area contributed by atoms with Gasteiger partial charge in [0.15, 0.2) is 0 Å². The first kappa shape index (κ1) is 36.7. The molecule has 0 spiro atoms.